The molecule has 9 nitrogen and oxygen atoms in total. The number of anilines is 1. The quantitative estimate of drug-likeness (QED) is 0.728. The van der Waals surface area contributed by atoms with Crippen LogP contribution >= 0.6 is 0 Å². The zero-order valence-corrected chi connectivity index (χ0v) is 16.2. The third kappa shape index (κ3) is 4.30. The molecule has 148 valence electrons. The maximum atomic E-state index is 12.0. The Hall–Kier alpha value is -2.39. The monoisotopic (exact) mass is 376 g/mol. The number of nitrogens with one attached hydrogen (secondary N) is 1. The molecule has 0 unspecified atom stereocenters. The summed E-state index contributed by atoms with van der Waals surface area (Å²) in [5.41, 5.74) is 9.77. The summed E-state index contributed by atoms with van der Waals surface area (Å²) in [7, 11) is 0. The van der Waals surface area contributed by atoms with Crippen LogP contribution in [0.4, 0.5) is 10.6 Å². The Morgan fingerprint density at radius 3 is 2.70 bits per heavy atom. The van der Waals surface area contributed by atoms with E-state index in [2.05, 4.69) is 19.9 Å². The van der Waals surface area contributed by atoms with E-state index in [0.29, 0.717) is 58.4 Å². The number of nitrogens with zero attached hydrogens (tertiary/aromatic N) is 4. The Kier molecular flexibility index (Phi) is 6.12. The number of carbonyl (C=O) groups is 1. The first-order valence-corrected chi connectivity index (χ1v) is 9.26. The maximum Gasteiger partial charge on any atom is 0.317 e. The van der Waals surface area contributed by atoms with Gasteiger partial charge in [-0.15, -0.1) is 0 Å². The zero-order chi connectivity index (χ0) is 19.4. The number of hydrogen-bond acceptors (Lipinski definition) is 6. The summed E-state index contributed by atoms with van der Waals surface area (Å²) in [6, 6.07) is -0.0626. The number of pyridine rings is 1. The van der Waals surface area contributed by atoms with Gasteiger partial charge in [-0.25, -0.2) is 14.8 Å². The molecule has 2 amide bonds. The summed E-state index contributed by atoms with van der Waals surface area (Å²) in [4.78, 5) is 22.6. The number of rotatable bonds is 6. The van der Waals surface area contributed by atoms with Crippen molar-refractivity contribution in [3.05, 3.63) is 17.1 Å². The first-order chi connectivity index (χ1) is 13.0. The fourth-order valence-corrected chi connectivity index (χ4v) is 3.25. The molecule has 3 rings (SSSR count). The van der Waals surface area contributed by atoms with E-state index in [9.17, 15) is 4.79 Å². The third-order valence-electron chi connectivity index (χ3n) is 4.87. The van der Waals surface area contributed by atoms with Crippen LogP contribution in [0.5, 0.6) is 0 Å². The van der Waals surface area contributed by atoms with Crippen LogP contribution in [0.3, 0.4) is 0 Å². The average Bonchev–Trinajstić information content (AvgIpc) is 3.00. The van der Waals surface area contributed by atoms with Crippen LogP contribution in [-0.2, 0) is 16.0 Å². The molecule has 0 aromatic carbocycles. The topological polar surface area (TPSA) is 108 Å². The van der Waals surface area contributed by atoms with Gasteiger partial charge in [-0.1, -0.05) is 0 Å². The van der Waals surface area contributed by atoms with E-state index >= 15 is 0 Å². The van der Waals surface area contributed by atoms with Crippen LogP contribution < -0.4 is 11.1 Å². The Morgan fingerprint density at radius 2 is 1.96 bits per heavy atom. The zero-order valence-electron chi connectivity index (χ0n) is 16.2. The normalized spacial score (nSPS) is 14.7. The van der Waals surface area contributed by atoms with Gasteiger partial charge in [0.15, 0.2) is 5.82 Å². The summed E-state index contributed by atoms with van der Waals surface area (Å²) in [6.07, 6.45) is 0. The number of aryl methyl sites for hydroxylation is 3. The molecule has 1 aliphatic heterocycles. The highest BCUT2D eigenvalue weighted by atomic mass is 16.5. The van der Waals surface area contributed by atoms with Gasteiger partial charge in [0, 0.05) is 31.9 Å². The highest BCUT2D eigenvalue weighted by Crippen LogP contribution is 2.25. The van der Waals surface area contributed by atoms with Gasteiger partial charge in [0.25, 0.3) is 0 Å². The van der Waals surface area contributed by atoms with E-state index in [1.165, 1.54) is 0 Å². The van der Waals surface area contributed by atoms with Crippen molar-refractivity contribution in [2.45, 2.75) is 27.3 Å². The second kappa shape index (κ2) is 8.53. The van der Waals surface area contributed by atoms with Gasteiger partial charge in [0.2, 0.25) is 0 Å². The van der Waals surface area contributed by atoms with E-state index in [1.54, 1.807) is 4.90 Å². The molecular formula is C18H28N6O3. The van der Waals surface area contributed by atoms with Crippen molar-refractivity contribution in [2.75, 3.05) is 51.8 Å². The summed E-state index contributed by atoms with van der Waals surface area (Å²) < 4.78 is 13.0. The molecule has 0 radical (unpaired) electrons. The lowest BCUT2D eigenvalue weighted by atomic mass is 10.2. The molecule has 0 atom stereocenters. The first kappa shape index (κ1) is 19.4. The van der Waals surface area contributed by atoms with Crippen molar-refractivity contribution in [3.8, 4) is 0 Å². The predicted molar refractivity (Wildman–Crippen MR) is 103 cm³/mol. The number of carbonyl (C=O) groups excluding carboxylic acids is 1. The molecule has 27 heavy (non-hydrogen) atoms. The Balaban J connectivity index is 1.48. The highest BCUT2D eigenvalue weighted by Gasteiger charge is 2.16. The van der Waals surface area contributed by atoms with Crippen LogP contribution in [0, 0.1) is 20.8 Å². The predicted octanol–water partition coefficient (Wildman–Crippen LogP) is 0.997. The molecule has 2 aromatic heterocycles. The third-order valence-corrected chi connectivity index (χ3v) is 4.87. The number of aromatic nitrogens is 3. The number of hydrogen-bond donors (Lipinski definition) is 2. The van der Waals surface area contributed by atoms with Crippen LogP contribution in [0.25, 0.3) is 11.0 Å². The number of imidazole rings is 1. The van der Waals surface area contributed by atoms with Gasteiger partial charge < -0.3 is 30.0 Å². The molecule has 3 heterocycles. The lowest BCUT2D eigenvalue weighted by molar-refractivity contribution is 0.0523. The molecule has 9 heteroatoms. The largest absolute Gasteiger partial charge is 0.382 e. The minimum Gasteiger partial charge on any atom is -0.382 e. The number of fused-ring (bicyclic) bond motifs is 1. The molecule has 1 saturated heterocycles. The van der Waals surface area contributed by atoms with E-state index in [1.807, 2.05) is 20.8 Å². The standard InChI is InChI=1S/C18H28N6O3/c1-12-13(2)21-17(19)15-16(12)24(14(3)22-15)7-11-26-8-4-20-18(25)23-5-9-27-10-6-23/h4-11H2,1-3H3,(H2,19,21)(H,20,25). The van der Waals surface area contributed by atoms with Crippen molar-refractivity contribution in [1.29, 1.82) is 0 Å². The van der Waals surface area contributed by atoms with Crippen LogP contribution in [-0.4, -0.2) is 71.5 Å². The number of nitrogen functional groups attached to an aromatic ring is 1. The van der Waals surface area contributed by atoms with Crippen LogP contribution in [0.1, 0.15) is 17.1 Å². The van der Waals surface area contributed by atoms with Crippen molar-refractivity contribution >= 4 is 22.9 Å². The molecule has 0 spiro atoms. The second-order valence-electron chi connectivity index (χ2n) is 6.66. The average molecular weight is 376 g/mol. The fourth-order valence-electron chi connectivity index (χ4n) is 3.25. The first-order valence-electron chi connectivity index (χ1n) is 9.26. The molecule has 0 aliphatic carbocycles. The lowest BCUT2D eigenvalue weighted by Crippen LogP contribution is -2.46. The van der Waals surface area contributed by atoms with Gasteiger partial charge in [-0.05, 0) is 26.3 Å². The molecule has 1 aliphatic rings. The van der Waals surface area contributed by atoms with Gasteiger partial charge in [0.1, 0.15) is 11.3 Å². The lowest BCUT2D eigenvalue weighted by Gasteiger charge is -2.26. The van der Waals surface area contributed by atoms with Crippen LogP contribution in [0.2, 0.25) is 0 Å². The van der Waals surface area contributed by atoms with Gasteiger partial charge in [0.05, 0.1) is 31.9 Å². The number of morpholine rings is 1. The van der Waals surface area contributed by atoms with Crippen LogP contribution in [0.15, 0.2) is 0 Å². The summed E-state index contributed by atoms with van der Waals surface area (Å²) in [6.45, 7) is 10.5. The van der Waals surface area contributed by atoms with E-state index < -0.39 is 0 Å². The molecule has 0 saturated carbocycles. The molecule has 2 aromatic rings. The summed E-state index contributed by atoms with van der Waals surface area (Å²) in [5, 5.41) is 2.87. The number of amides is 2. The highest BCUT2D eigenvalue weighted by molar-refractivity contribution is 5.88. The number of ether oxygens (including phenoxy) is 2. The van der Waals surface area contributed by atoms with Crippen molar-refractivity contribution in [1.82, 2.24) is 24.8 Å². The molecule has 1 fully saturated rings. The molecular weight excluding hydrogens is 348 g/mol. The van der Waals surface area contributed by atoms with Crippen molar-refractivity contribution in [3.63, 3.8) is 0 Å². The summed E-state index contributed by atoms with van der Waals surface area (Å²) in [5.74, 6) is 1.35. The Labute approximate surface area is 158 Å². The minimum atomic E-state index is -0.0626. The van der Waals surface area contributed by atoms with E-state index in [0.717, 1.165) is 28.1 Å². The Morgan fingerprint density at radius 1 is 1.22 bits per heavy atom. The second-order valence-corrected chi connectivity index (χ2v) is 6.66. The SMILES string of the molecule is Cc1nc(N)c2nc(C)n(CCOCCNC(=O)N3CCOCC3)c2c1C. The Bertz CT molecular complexity index is 813. The number of urea groups is 1. The van der Waals surface area contributed by atoms with E-state index in [4.69, 9.17) is 15.2 Å². The number of nitrogens with two attached hydrogens (primary N) is 1. The van der Waals surface area contributed by atoms with Gasteiger partial charge in [-0.2, -0.15) is 0 Å². The summed E-state index contributed by atoms with van der Waals surface area (Å²) >= 11 is 0. The van der Waals surface area contributed by atoms with Gasteiger partial charge >= 0.3 is 6.03 Å². The van der Waals surface area contributed by atoms with Crippen molar-refractivity contribution < 1.29 is 14.3 Å². The molecule has 3 N–H and O–H groups in total. The van der Waals surface area contributed by atoms with E-state index in [-0.39, 0.29) is 6.03 Å². The fraction of sp³-hybridized carbons (Fsp3) is 0.611. The van der Waals surface area contributed by atoms with Crippen molar-refractivity contribution in [2.24, 2.45) is 0 Å². The minimum absolute atomic E-state index is 0.0626. The molecule has 0 bridgehead atoms. The van der Waals surface area contributed by atoms with Gasteiger partial charge in [-0.3, -0.25) is 0 Å². The smallest absolute Gasteiger partial charge is 0.317 e. The maximum absolute atomic E-state index is 12.0.